The monoisotopic (exact) mass is 338 g/mol. The molecule has 0 bridgehead atoms. The molecule has 0 fully saturated rings. The average molecular weight is 338 g/mol. The van der Waals surface area contributed by atoms with Gasteiger partial charge in [-0.15, -0.1) is 0 Å². The molecule has 1 aromatic rings. The molecule has 3 N–H and O–H groups in total. The van der Waals surface area contributed by atoms with Gasteiger partial charge in [0.2, 0.25) is 5.91 Å². The molecule has 0 spiro atoms. The maximum atomic E-state index is 13.7. The van der Waals surface area contributed by atoms with E-state index in [1.807, 2.05) is 13.8 Å². The van der Waals surface area contributed by atoms with Crippen molar-refractivity contribution < 1.29 is 19.1 Å². The Morgan fingerprint density at radius 3 is 2.25 bits per heavy atom. The van der Waals surface area contributed by atoms with Crippen LogP contribution < -0.4 is 10.6 Å². The van der Waals surface area contributed by atoms with Gasteiger partial charge in [-0.3, -0.25) is 9.59 Å². The van der Waals surface area contributed by atoms with Crippen molar-refractivity contribution in [1.82, 2.24) is 10.6 Å². The topological polar surface area (TPSA) is 78.4 Å². The van der Waals surface area contributed by atoms with E-state index in [1.165, 1.54) is 18.2 Å². The van der Waals surface area contributed by atoms with E-state index in [1.54, 1.807) is 19.9 Å². The van der Waals surface area contributed by atoms with Crippen LogP contribution in [0.1, 0.15) is 44.5 Å². The summed E-state index contributed by atoms with van der Waals surface area (Å²) in [6, 6.07) is 4.45. The number of halogens is 1. The van der Waals surface area contributed by atoms with Gasteiger partial charge in [0.15, 0.2) is 0 Å². The predicted molar refractivity (Wildman–Crippen MR) is 91.0 cm³/mol. The number of rotatable bonds is 8. The first-order chi connectivity index (χ1) is 11.3. The largest absolute Gasteiger partial charge is 0.394 e. The maximum absolute atomic E-state index is 13.7. The second-order valence-electron chi connectivity index (χ2n) is 6.69. The Bertz CT molecular complexity index is 561. The van der Waals surface area contributed by atoms with E-state index < -0.39 is 17.8 Å². The lowest BCUT2D eigenvalue weighted by atomic mass is 10.0. The molecule has 0 saturated carbocycles. The van der Waals surface area contributed by atoms with Gasteiger partial charge in [-0.2, -0.15) is 0 Å². The van der Waals surface area contributed by atoms with Crippen LogP contribution in [-0.2, 0) is 4.79 Å². The third kappa shape index (κ3) is 5.92. The summed E-state index contributed by atoms with van der Waals surface area (Å²) < 4.78 is 13.7. The van der Waals surface area contributed by atoms with Crippen molar-refractivity contribution in [3.63, 3.8) is 0 Å². The SMILES string of the molecule is CC(C)CC(CO)NC(=O)C(NC(=O)c1ccccc1F)C(C)C. The van der Waals surface area contributed by atoms with Crippen LogP contribution in [0.15, 0.2) is 24.3 Å². The van der Waals surface area contributed by atoms with E-state index in [-0.39, 0.29) is 30.0 Å². The molecule has 6 heteroatoms. The van der Waals surface area contributed by atoms with Gasteiger partial charge < -0.3 is 15.7 Å². The van der Waals surface area contributed by atoms with E-state index >= 15 is 0 Å². The standard InChI is InChI=1S/C18H27FN2O3/c1-11(2)9-13(10-22)20-18(24)16(12(3)4)21-17(23)14-7-5-6-8-15(14)19/h5-8,11-13,16,22H,9-10H2,1-4H3,(H,20,24)(H,21,23). The number of carbonyl (C=O) groups is 2. The summed E-state index contributed by atoms with van der Waals surface area (Å²) in [5.41, 5.74) is -0.100. The first kappa shape index (κ1) is 20.1. The van der Waals surface area contributed by atoms with Crippen LogP contribution in [0.5, 0.6) is 0 Å². The van der Waals surface area contributed by atoms with Crippen LogP contribution in [0.25, 0.3) is 0 Å². The molecule has 5 nitrogen and oxygen atoms in total. The van der Waals surface area contributed by atoms with Gasteiger partial charge in [-0.05, 0) is 30.4 Å². The molecule has 0 aliphatic heterocycles. The van der Waals surface area contributed by atoms with Gasteiger partial charge in [0.25, 0.3) is 5.91 Å². The van der Waals surface area contributed by atoms with Crippen molar-refractivity contribution in [1.29, 1.82) is 0 Å². The molecule has 0 radical (unpaired) electrons. The highest BCUT2D eigenvalue weighted by molar-refractivity contribution is 5.97. The van der Waals surface area contributed by atoms with Crippen LogP contribution in [0.4, 0.5) is 4.39 Å². The van der Waals surface area contributed by atoms with Gasteiger partial charge >= 0.3 is 0 Å². The van der Waals surface area contributed by atoms with Gasteiger partial charge in [0.05, 0.1) is 18.2 Å². The third-order valence-electron chi connectivity index (χ3n) is 3.68. The average Bonchev–Trinajstić information content (AvgIpc) is 2.51. The molecule has 0 aromatic heterocycles. The van der Waals surface area contributed by atoms with Crippen molar-refractivity contribution in [2.45, 2.75) is 46.2 Å². The van der Waals surface area contributed by atoms with Crippen LogP contribution >= 0.6 is 0 Å². The minimum absolute atomic E-state index is 0.100. The summed E-state index contributed by atoms with van der Waals surface area (Å²) >= 11 is 0. The zero-order valence-corrected chi connectivity index (χ0v) is 14.7. The van der Waals surface area contributed by atoms with Crippen molar-refractivity contribution >= 4 is 11.8 Å². The number of hydrogen-bond acceptors (Lipinski definition) is 3. The Balaban J connectivity index is 2.81. The molecule has 1 aromatic carbocycles. The highest BCUT2D eigenvalue weighted by atomic mass is 19.1. The molecule has 0 heterocycles. The Kier molecular flexibility index (Phi) is 7.85. The zero-order chi connectivity index (χ0) is 18.3. The Labute approximate surface area is 142 Å². The van der Waals surface area contributed by atoms with E-state index in [4.69, 9.17) is 0 Å². The molecular formula is C18H27FN2O3. The minimum atomic E-state index is -0.807. The summed E-state index contributed by atoms with van der Waals surface area (Å²) in [5, 5.41) is 14.7. The van der Waals surface area contributed by atoms with Crippen molar-refractivity contribution in [2.75, 3.05) is 6.61 Å². The summed E-state index contributed by atoms with van der Waals surface area (Å²) in [4.78, 5) is 24.7. The van der Waals surface area contributed by atoms with E-state index in [0.29, 0.717) is 12.3 Å². The number of hydrogen-bond donors (Lipinski definition) is 3. The molecule has 24 heavy (non-hydrogen) atoms. The van der Waals surface area contributed by atoms with Crippen molar-refractivity contribution in [3.05, 3.63) is 35.6 Å². The molecule has 2 unspecified atom stereocenters. The zero-order valence-electron chi connectivity index (χ0n) is 14.7. The fraction of sp³-hybridized carbons (Fsp3) is 0.556. The number of aliphatic hydroxyl groups is 1. The quantitative estimate of drug-likeness (QED) is 0.679. The molecule has 0 aliphatic rings. The lowest BCUT2D eigenvalue weighted by molar-refractivity contribution is -0.125. The second kappa shape index (κ2) is 9.37. The van der Waals surface area contributed by atoms with Crippen LogP contribution in [0, 0.1) is 17.7 Å². The molecule has 134 valence electrons. The number of carbonyl (C=O) groups excluding carboxylic acids is 2. The molecule has 1 rings (SSSR count). The van der Waals surface area contributed by atoms with Crippen LogP contribution in [-0.4, -0.2) is 35.6 Å². The molecule has 2 amide bonds. The summed E-state index contributed by atoms with van der Waals surface area (Å²) in [6.45, 7) is 7.41. The van der Waals surface area contributed by atoms with Crippen LogP contribution in [0.2, 0.25) is 0 Å². The molecular weight excluding hydrogens is 311 g/mol. The predicted octanol–water partition coefficient (Wildman–Crippen LogP) is 2.10. The van der Waals surface area contributed by atoms with E-state index in [2.05, 4.69) is 10.6 Å². The third-order valence-corrected chi connectivity index (χ3v) is 3.68. The smallest absolute Gasteiger partial charge is 0.254 e. The number of benzene rings is 1. The Hall–Kier alpha value is -1.95. The molecule has 2 atom stereocenters. The molecule has 0 saturated heterocycles. The van der Waals surface area contributed by atoms with Gasteiger partial charge in [-0.25, -0.2) is 4.39 Å². The summed E-state index contributed by atoms with van der Waals surface area (Å²) in [5.74, 6) is -1.52. The highest BCUT2D eigenvalue weighted by Gasteiger charge is 2.27. The minimum Gasteiger partial charge on any atom is -0.394 e. The van der Waals surface area contributed by atoms with Crippen LogP contribution in [0.3, 0.4) is 0 Å². The first-order valence-corrected chi connectivity index (χ1v) is 8.22. The molecule has 0 aliphatic carbocycles. The summed E-state index contributed by atoms with van der Waals surface area (Å²) in [7, 11) is 0. The summed E-state index contributed by atoms with van der Waals surface area (Å²) in [6.07, 6.45) is 0.633. The van der Waals surface area contributed by atoms with Gasteiger partial charge in [0.1, 0.15) is 11.9 Å². The fourth-order valence-electron chi connectivity index (χ4n) is 2.44. The van der Waals surface area contributed by atoms with Gasteiger partial charge in [0, 0.05) is 0 Å². The normalized spacial score (nSPS) is 13.7. The Morgan fingerprint density at radius 2 is 1.75 bits per heavy atom. The van der Waals surface area contributed by atoms with E-state index in [9.17, 15) is 19.1 Å². The van der Waals surface area contributed by atoms with Crippen molar-refractivity contribution in [3.8, 4) is 0 Å². The van der Waals surface area contributed by atoms with Gasteiger partial charge in [-0.1, -0.05) is 39.8 Å². The first-order valence-electron chi connectivity index (χ1n) is 8.22. The number of amides is 2. The number of nitrogens with one attached hydrogen (secondary N) is 2. The van der Waals surface area contributed by atoms with E-state index in [0.717, 1.165) is 0 Å². The lowest BCUT2D eigenvalue weighted by Crippen LogP contribution is -2.53. The highest BCUT2D eigenvalue weighted by Crippen LogP contribution is 2.10. The fourth-order valence-corrected chi connectivity index (χ4v) is 2.44. The number of aliphatic hydroxyl groups excluding tert-OH is 1. The second-order valence-corrected chi connectivity index (χ2v) is 6.69. The lowest BCUT2D eigenvalue weighted by Gasteiger charge is -2.25. The maximum Gasteiger partial charge on any atom is 0.254 e. The Morgan fingerprint density at radius 1 is 1.12 bits per heavy atom. The van der Waals surface area contributed by atoms with Crippen molar-refractivity contribution in [2.24, 2.45) is 11.8 Å².